The molecule has 0 atom stereocenters. The predicted molar refractivity (Wildman–Crippen MR) is 88.2 cm³/mol. The van der Waals surface area contributed by atoms with Gasteiger partial charge in [-0.1, -0.05) is 6.07 Å². The number of hydrogen-bond donors (Lipinski definition) is 3. The van der Waals surface area contributed by atoms with Crippen LogP contribution in [-0.2, 0) is 11.2 Å². The molecule has 2 rings (SSSR count). The van der Waals surface area contributed by atoms with Gasteiger partial charge < -0.3 is 15.4 Å². The third kappa shape index (κ3) is 5.59. The molecular weight excluding hydrogens is 296 g/mol. The van der Waals surface area contributed by atoms with Gasteiger partial charge in [-0.15, -0.1) is 0 Å². The number of aromatic nitrogens is 3. The zero-order valence-electron chi connectivity index (χ0n) is 13.4. The first-order valence-electron chi connectivity index (χ1n) is 7.36. The predicted octanol–water partition coefficient (Wildman–Crippen LogP) is 0.899. The van der Waals surface area contributed by atoms with Crippen molar-refractivity contribution in [3.05, 3.63) is 30.1 Å². The molecule has 1 amide bonds. The Morgan fingerprint density at radius 1 is 1.43 bits per heavy atom. The summed E-state index contributed by atoms with van der Waals surface area (Å²) in [6, 6.07) is 5.60. The van der Waals surface area contributed by atoms with Gasteiger partial charge in [-0.3, -0.25) is 10.1 Å². The van der Waals surface area contributed by atoms with Gasteiger partial charge in [0.05, 0.1) is 5.69 Å². The number of nitrogens with zero attached hydrogens (tertiary/aromatic N) is 3. The van der Waals surface area contributed by atoms with Gasteiger partial charge in [0, 0.05) is 13.0 Å². The molecule has 4 N–H and O–H groups in total. The fourth-order valence-corrected chi connectivity index (χ4v) is 1.94. The lowest BCUT2D eigenvalue weighted by Gasteiger charge is -2.13. The zero-order chi connectivity index (χ0) is 16.7. The van der Waals surface area contributed by atoms with E-state index >= 15 is 0 Å². The Labute approximate surface area is 135 Å². The molecule has 0 aliphatic carbocycles. The Balaban J connectivity index is 1.81. The number of H-pyrrole nitrogens is 1. The molecule has 1 aromatic heterocycles. The topological polar surface area (TPSA) is 109 Å². The Morgan fingerprint density at radius 3 is 2.91 bits per heavy atom. The fraction of sp³-hybridized carbons (Fsp3) is 0.400. The molecule has 23 heavy (non-hydrogen) atoms. The van der Waals surface area contributed by atoms with Gasteiger partial charge >= 0.3 is 0 Å². The van der Waals surface area contributed by atoms with Crippen molar-refractivity contribution in [1.29, 1.82) is 0 Å². The molecule has 2 aromatic rings. The number of amides is 1. The van der Waals surface area contributed by atoms with Crippen LogP contribution in [0.2, 0.25) is 0 Å². The lowest BCUT2D eigenvalue weighted by molar-refractivity contribution is -0.116. The molecule has 1 heterocycles. The highest BCUT2D eigenvalue weighted by Gasteiger charge is 2.07. The van der Waals surface area contributed by atoms with Crippen molar-refractivity contribution in [1.82, 2.24) is 20.1 Å². The van der Waals surface area contributed by atoms with Crippen LogP contribution in [0.1, 0.15) is 12.0 Å². The van der Waals surface area contributed by atoms with Gasteiger partial charge in [0.2, 0.25) is 11.9 Å². The summed E-state index contributed by atoms with van der Waals surface area (Å²) in [5.41, 5.74) is 7.55. The number of carbonyl (C=O) groups is 1. The van der Waals surface area contributed by atoms with Crippen LogP contribution < -0.4 is 15.8 Å². The van der Waals surface area contributed by atoms with Gasteiger partial charge in [0.25, 0.3) is 0 Å². The first-order chi connectivity index (χ1) is 11.0. The molecule has 0 aliphatic rings. The average molecular weight is 318 g/mol. The maximum atomic E-state index is 11.8. The molecule has 1 aromatic carbocycles. The number of carbonyl (C=O) groups excluding carboxylic acids is 1. The van der Waals surface area contributed by atoms with E-state index < -0.39 is 0 Å². The standard InChI is InChI=1S/C15H22N6O2/c1-21(2)7-8-23-13-5-3-11(9-12(13)16)4-6-14(22)19-15-17-10-18-20-15/h3,5,9-10H,4,6-8,16H2,1-2H3,(H2,17,18,19,20,22). The van der Waals surface area contributed by atoms with E-state index in [2.05, 4.69) is 20.5 Å². The van der Waals surface area contributed by atoms with E-state index in [1.165, 1.54) is 6.33 Å². The summed E-state index contributed by atoms with van der Waals surface area (Å²) in [6.07, 6.45) is 2.26. The number of benzene rings is 1. The Hall–Kier alpha value is -2.61. The van der Waals surface area contributed by atoms with Crippen molar-refractivity contribution >= 4 is 17.5 Å². The van der Waals surface area contributed by atoms with E-state index in [9.17, 15) is 4.79 Å². The van der Waals surface area contributed by atoms with Crippen molar-refractivity contribution in [3.8, 4) is 5.75 Å². The Kier molecular flexibility index (Phi) is 5.93. The Bertz CT molecular complexity index is 627. The number of aryl methyl sites for hydroxylation is 1. The number of nitrogens with two attached hydrogens (primary N) is 1. The molecular formula is C15H22N6O2. The van der Waals surface area contributed by atoms with Crippen LogP contribution in [0.25, 0.3) is 0 Å². The summed E-state index contributed by atoms with van der Waals surface area (Å²) in [6.45, 7) is 1.40. The third-order valence-electron chi connectivity index (χ3n) is 3.18. The van der Waals surface area contributed by atoms with E-state index in [0.717, 1.165) is 12.1 Å². The molecule has 124 valence electrons. The lowest BCUT2D eigenvalue weighted by Crippen LogP contribution is -2.19. The van der Waals surface area contributed by atoms with Crippen LogP contribution in [0.15, 0.2) is 24.5 Å². The van der Waals surface area contributed by atoms with Crippen LogP contribution in [0, 0.1) is 0 Å². The van der Waals surface area contributed by atoms with Crippen molar-refractivity contribution in [2.24, 2.45) is 0 Å². The largest absolute Gasteiger partial charge is 0.490 e. The maximum absolute atomic E-state index is 11.8. The van der Waals surface area contributed by atoms with Crippen LogP contribution in [-0.4, -0.2) is 53.2 Å². The molecule has 0 saturated carbocycles. The second kappa shape index (κ2) is 8.14. The lowest BCUT2D eigenvalue weighted by atomic mass is 10.1. The van der Waals surface area contributed by atoms with E-state index in [-0.39, 0.29) is 5.91 Å². The van der Waals surface area contributed by atoms with Gasteiger partial charge in [-0.25, -0.2) is 5.10 Å². The van der Waals surface area contributed by atoms with E-state index in [4.69, 9.17) is 10.5 Å². The molecule has 0 spiro atoms. The summed E-state index contributed by atoms with van der Waals surface area (Å²) in [4.78, 5) is 17.7. The minimum atomic E-state index is -0.133. The number of rotatable bonds is 8. The van der Waals surface area contributed by atoms with Crippen molar-refractivity contribution < 1.29 is 9.53 Å². The highest BCUT2D eigenvalue weighted by atomic mass is 16.5. The molecule has 8 heteroatoms. The normalized spacial score (nSPS) is 10.7. The third-order valence-corrected chi connectivity index (χ3v) is 3.18. The first kappa shape index (κ1) is 16.8. The van der Waals surface area contributed by atoms with Crippen molar-refractivity contribution in [2.75, 3.05) is 38.3 Å². The van der Waals surface area contributed by atoms with Crippen LogP contribution in [0.5, 0.6) is 5.75 Å². The molecule has 0 fully saturated rings. The fourth-order valence-electron chi connectivity index (χ4n) is 1.94. The van der Waals surface area contributed by atoms with E-state index in [0.29, 0.717) is 36.8 Å². The smallest absolute Gasteiger partial charge is 0.227 e. The van der Waals surface area contributed by atoms with E-state index in [1.54, 1.807) is 0 Å². The van der Waals surface area contributed by atoms with Crippen LogP contribution in [0.4, 0.5) is 11.6 Å². The second-order valence-electron chi connectivity index (χ2n) is 5.41. The number of ether oxygens (including phenoxy) is 1. The maximum Gasteiger partial charge on any atom is 0.227 e. The number of anilines is 2. The van der Waals surface area contributed by atoms with Gasteiger partial charge in [0.1, 0.15) is 18.7 Å². The molecule has 0 saturated heterocycles. The average Bonchev–Trinajstić information content (AvgIpc) is 2.99. The van der Waals surface area contributed by atoms with Gasteiger partial charge in [0.15, 0.2) is 0 Å². The van der Waals surface area contributed by atoms with Crippen molar-refractivity contribution in [2.45, 2.75) is 12.8 Å². The van der Waals surface area contributed by atoms with Gasteiger partial charge in [-0.2, -0.15) is 10.1 Å². The monoisotopic (exact) mass is 318 g/mol. The van der Waals surface area contributed by atoms with E-state index in [1.807, 2.05) is 37.2 Å². The molecule has 8 nitrogen and oxygen atoms in total. The summed E-state index contributed by atoms with van der Waals surface area (Å²) >= 11 is 0. The number of nitrogen functional groups attached to an aromatic ring is 1. The summed E-state index contributed by atoms with van der Waals surface area (Å²) in [7, 11) is 3.97. The highest BCUT2D eigenvalue weighted by molar-refractivity contribution is 5.88. The first-order valence-corrected chi connectivity index (χ1v) is 7.36. The zero-order valence-corrected chi connectivity index (χ0v) is 13.4. The minimum Gasteiger partial charge on any atom is -0.490 e. The van der Waals surface area contributed by atoms with Gasteiger partial charge in [-0.05, 0) is 38.2 Å². The number of hydrogen-bond acceptors (Lipinski definition) is 6. The molecule has 0 radical (unpaired) electrons. The Morgan fingerprint density at radius 2 is 2.26 bits per heavy atom. The minimum absolute atomic E-state index is 0.133. The van der Waals surface area contributed by atoms with Crippen molar-refractivity contribution in [3.63, 3.8) is 0 Å². The summed E-state index contributed by atoms with van der Waals surface area (Å²) < 4.78 is 5.63. The summed E-state index contributed by atoms with van der Waals surface area (Å²) in [5.74, 6) is 0.882. The highest BCUT2D eigenvalue weighted by Crippen LogP contribution is 2.23. The SMILES string of the molecule is CN(C)CCOc1ccc(CCC(=O)Nc2ncn[nH]2)cc1N. The second-order valence-corrected chi connectivity index (χ2v) is 5.41. The molecule has 0 bridgehead atoms. The number of aromatic amines is 1. The van der Waals surface area contributed by atoms with Crippen LogP contribution >= 0.6 is 0 Å². The molecule has 0 unspecified atom stereocenters. The quantitative estimate of drug-likeness (QED) is 0.624. The number of likely N-dealkylation sites (N-methyl/N-ethyl adjacent to an activating group) is 1. The summed E-state index contributed by atoms with van der Waals surface area (Å²) in [5, 5.41) is 8.87. The molecule has 0 aliphatic heterocycles. The van der Waals surface area contributed by atoms with Crippen LogP contribution in [0.3, 0.4) is 0 Å². The number of nitrogens with one attached hydrogen (secondary N) is 2.